The van der Waals surface area contributed by atoms with Crippen LogP contribution in [-0.4, -0.2) is 20.0 Å². The Labute approximate surface area is 126 Å². The van der Waals surface area contributed by atoms with Crippen LogP contribution in [0.15, 0.2) is 48.5 Å². The molecular formula is C16H15BrO3. The second kappa shape index (κ2) is 6.57. The highest BCUT2D eigenvalue weighted by atomic mass is 79.9. The van der Waals surface area contributed by atoms with Crippen LogP contribution in [0, 0.1) is 0 Å². The molecule has 20 heavy (non-hydrogen) atoms. The Kier molecular flexibility index (Phi) is 4.79. The Hall–Kier alpha value is -1.81. The first kappa shape index (κ1) is 14.6. The fourth-order valence-corrected chi connectivity index (χ4v) is 2.46. The molecular weight excluding hydrogens is 320 g/mol. The molecule has 1 atom stereocenters. The molecule has 0 saturated heterocycles. The molecule has 0 aromatic heterocycles. The summed E-state index contributed by atoms with van der Waals surface area (Å²) in [6.07, 6.45) is 0. The van der Waals surface area contributed by atoms with Crippen LogP contribution < -0.4 is 9.47 Å². The minimum atomic E-state index is -0.412. The summed E-state index contributed by atoms with van der Waals surface area (Å²) < 4.78 is 10.4. The van der Waals surface area contributed by atoms with Gasteiger partial charge in [-0.05, 0) is 17.7 Å². The van der Waals surface area contributed by atoms with Crippen molar-refractivity contribution in [1.29, 1.82) is 0 Å². The number of carbonyl (C=O) groups is 1. The maximum Gasteiger partial charge on any atom is 0.180 e. The van der Waals surface area contributed by atoms with Gasteiger partial charge in [-0.1, -0.05) is 52.3 Å². The predicted octanol–water partition coefficient (Wildman–Crippen LogP) is 4.02. The molecule has 0 saturated carbocycles. The highest BCUT2D eigenvalue weighted by Gasteiger charge is 2.20. The van der Waals surface area contributed by atoms with E-state index in [-0.39, 0.29) is 5.78 Å². The fraction of sp³-hybridized carbons (Fsp3) is 0.188. The molecule has 2 aromatic rings. The summed E-state index contributed by atoms with van der Waals surface area (Å²) in [6.45, 7) is 0. The third-order valence-electron chi connectivity index (χ3n) is 2.99. The first-order valence-corrected chi connectivity index (χ1v) is 7.04. The van der Waals surface area contributed by atoms with E-state index < -0.39 is 4.83 Å². The van der Waals surface area contributed by atoms with Gasteiger partial charge in [0.1, 0.15) is 4.83 Å². The number of rotatable bonds is 5. The third-order valence-corrected chi connectivity index (χ3v) is 3.93. The van der Waals surface area contributed by atoms with Crippen LogP contribution in [0.5, 0.6) is 11.5 Å². The zero-order chi connectivity index (χ0) is 14.5. The molecule has 0 spiro atoms. The molecule has 0 heterocycles. The van der Waals surface area contributed by atoms with Gasteiger partial charge >= 0.3 is 0 Å². The van der Waals surface area contributed by atoms with Crippen molar-refractivity contribution in [2.24, 2.45) is 0 Å². The molecule has 4 heteroatoms. The second-order valence-electron chi connectivity index (χ2n) is 4.21. The summed E-state index contributed by atoms with van der Waals surface area (Å²) in [5, 5.41) is 0. The summed E-state index contributed by atoms with van der Waals surface area (Å²) in [7, 11) is 3.15. The number of ether oxygens (including phenoxy) is 2. The minimum absolute atomic E-state index is 0.0119. The lowest BCUT2D eigenvalue weighted by molar-refractivity contribution is 0.0991. The first-order chi connectivity index (χ1) is 9.67. The van der Waals surface area contributed by atoms with E-state index in [2.05, 4.69) is 15.9 Å². The van der Waals surface area contributed by atoms with Gasteiger partial charge in [0.2, 0.25) is 0 Å². The summed E-state index contributed by atoms with van der Waals surface area (Å²) >= 11 is 3.45. The Morgan fingerprint density at radius 2 is 1.65 bits per heavy atom. The van der Waals surface area contributed by atoms with E-state index in [4.69, 9.17) is 9.47 Å². The summed E-state index contributed by atoms with van der Waals surface area (Å²) in [5.74, 6) is 1.26. The molecule has 0 aliphatic heterocycles. The normalized spacial score (nSPS) is 11.8. The predicted molar refractivity (Wildman–Crippen MR) is 82.0 cm³/mol. The van der Waals surface area contributed by atoms with Gasteiger partial charge in [0.05, 0.1) is 14.2 Å². The monoisotopic (exact) mass is 334 g/mol. The van der Waals surface area contributed by atoms with E-state index in [0.717, 1.165) is 5.56 Å². The highest BCUT2D eigenvalue weighted by Crippen LogP contribution is 2.34. The van der Waals surface area contributed by atoms with Crippen molar-refractivity contribution in [1.82, 2.24) is 0 Å². The van der Waals surface area contributed by atoms with Crippen LogP contribution in [-0.2, 0) is 0 Å². The van der Waals surface area contributed by atoms with Crippen molar-refractivity contribution >= 4 is 21.7 Å². The molecule has 3 nitrogen and oxygen atoms in total. The average molecular weight is 335 g/mol. The summed E-state index contributed by atoms with van der Waals surface area (Å²) in [6, 6.07) is 14.6. The Bertz CT molecular complexity index is 596. The van der Waals surface area contributed by atoms with Crippen molar-refractivity contribution < 1.29 is 14.3 Å². The molecule has 2 rings (SSSR count). The second-order valence-corrected chi connectivity index (χ2v) is 5.12. The topological polar surface area (TPSA) is 35.5 Å². The number of Topliss-reactive ketones (excluding diaryl/α,β-unsaturated/α-hetero) is 1. The van der Waals surface area contributed by atoms with Crippen molar-refractivity contribution in [3.8, 4) is 11.5 Å². The fourth-order valence-electron chi connectivity index (χ4n) is 1.91. The number of hydrogen-bond donors (Lipinski definition) is 0. The number of benzene rings is 2. The standard InChI is InChI=1S/C16H15BrO3/c1-19-13-9-8-12(10-14(13)20-2)15(17)16(18)11-6-4-3-5-7-11/h3-10,15H,1-2H3/t15-/m0/s1. The smallest absolute Gasteiger partial charge is 0.180 e. The van der Waals surface area contributed by atoms with E-state index in [1.807, 2.05) is 24.3 Å². The van der Waals surface area contributed by atoms with E-state index in [1.54, 1.807) is 38.5 Å². The molecule has 0 bridgehead atoms. The molecule has 0 radical (unpaired) electrons. The lowest BCUT2D eigenvalue weighted by Gasteiger charge is -2.13. The quantitative estimate of drug-likeness (QED) is 0.611. The zero-order valence-corrected chi connectivity index (χ0v) is 12.9. The maximum atomic E-state index is 12.4. The zero-order valence-electron chi connectivity index (χ0n) is 11.3. The van der Waals surface area contributed by atoms with E-state index in [9.17, 15) is 4.79 Å². The van der Waals surface area contributed by atoms with E-state index in [0.29, 0.717) is 17.1 Å². The SMILES string of the molecule is COc1ccc([C@H](Br)C(=O)c2ccccc2)cc1OC. The molecule has 0 unspecified atom stereocenters. The Balaban J connectivity index is 2.29. The van der Waals surface area contributed by atoms with E-state index >= 15 is 0 Å². The molecule has 0 aliphatic carbocycles. The number of halogens is 1. The lowest BCUT2D eigenvalue weighted by Crippen LogP contribution is -2.07. The number of alkyl halides is 1. The molecule has 0 N–H and O–H groups in total. The number of hydrogen-bond acceptors (Lipinski definition) is 3. The highest BCUT2D eigenvalue weighted by molar-refractivity contribution is 9.09. The van der Waals surface area contributed by atoms with Crippen LogP contribution >= 0.6 is 15.9 Å². The van der Waals surface area contributed by atoms with Gasteiger partial charge in [0.15, 0.2) is 17.3 Å². The number of carbonyl (C=O) groups excluding carboxylic acids is 1. The van der Waals surface area contributed by atoms with Crippen LogP contribution in [0.3, 0.4) is 0 Å². The van der Waals surface area contributed by atoms with Crippen molar-refractivity contribution in [3.63, 3.8) is 0 Å². The van der Waals surface area contributed by atoms with Crippen LogP contribution in [0.1, 0.15) is 20.7 Å². The molecule has 0 fully saturated rings. The van der Waals surface area contributed by atoms with Gasteiger partial charge in [-0.25, -0.2) is 0 Å². The van der Waals surface area contributed by atoms with E-state index in [1.165, 1.54) is 0 Å². The largest absolute Gasteiger partial charge is 0.493 e. The van der Waals surface area contributed by atoms with Gasteiger partial charge in [-0.3, -0.25) is 4.79 Å². The van der Waals surface area contributed by atoms with Crippen LogP contribution in [0.4, 0.5) is 0 Å². The van der Waals surface area contributed by atoms with Crippen molar-refractivity contribution in [2.45, 2.75) is 4.83 Å². The molecule has 104 valence electrons. The van der Waals surface area contributed by atoms with Crippen molar-refractivity contribution in [2.75, 3.05) is 14.2 Å². The van der Waals surface area contributed by atoms with Gasteiger partial charge in [0, 0.05) is 5.56 Å². The average Bonchev–Trinajstić information content (AvgIpc) is 2.53. The van der Waals surface area contributed by atoms with Crippen LogP contribution in [0.2, 0.25) is 0 Å². The molecule has 0 aliphatic rings. The lowest BCUT2D eigenvalue weighted by atomic mass is 10.0. The van der Waals surface area contributed by atoms with Crippen molar-refractivity contribution in [3.05, 3.63) is 59.7 Å². The van der Waals surface area contributed by atoms with Gasteiger partial charge in [-0.15, -0.1) is 0 Å². The number of ketones is 1. The van der Waals surface area contributed by atoms with Gasteiger partial charge in [-0.2, -0.15) is 0 Å². The van der Waals surface area contributed by atoms with Gasteiger partial charge in [0.25, 0.3) is 0 Å². The number of methoxy groups -OCH3 is 2. The minimum Gasteiger partial charge on any atom is -0.493 e. The first-order valence-electron chi connectivity index (χ1n) is 6.12. The summed E-state index contributed by atoms with van der Waals surface area (Å²) in [5.41, 5.74) is 1.50. The van der Waals surface area contributed by atoms with Crippen LogP contribution in [0.25, 0.3) is 0 Å². The summed E-state index contributed by atoms with van der Waals surface area (Å²) in [4.78, 5) is 12.0. The maximum absolute atomic E-state index is 12.4. The Morgan fingerprint density at radius 1 is 1.00 bits per heavy atom. The third kappa shape index (κ3) is 3.02. The molecule has 2 aromatic carbocycles. The molecule has 0 amide bonds. The Morgan fingerprint density at radius 3 is 2.25 bits per heavy atom. The van der Waals surface area contributed by atoms with Gasteiger partial charge < -0.3 is 9.47 Å².